The van der Waals surface area contributed by atoms with Crippen LogP contribution in [0.25, 0.3) is 5.70 Å². The first-order valence-corrected chi connectivity index (χ1v) is 11.4. The van der Waals surface area contributed by atoms with Gasteiger partial charge in [-0.1, -0.05) is 12.1 Å². The van der Waals surface area contributed by atoms with Crippen molar-refractivity contribution in [3.8, 4) is 11.5 Å². The lowest BCUT2D eigenvalue weighted by molar-refractivity contribution is 0.414. The lowest BCUT2D eigenvalue weighted by Gasteiger charge is -2.34. The quantitative estimate of drug-likeness (QED) is 0.625. The molecule has 0 amide bonds. The fourth-order valence-electron chi connectivity index (χ4n) is 4.64. The molecule has 1 atom stereocenters. The van der Waals surface area contributed by atoms with E-state index < -0.39 is 0 Å². The summed E-state index contributed by atoms with van der Waals surface area (Å²) < 4.78 is 10.7. The number of thiocarbonyl (C=S) groups is 1. The number of hydrogen-bond donors (Lipinski definition) is 2. The SMILES string of the molecule is COc1ccc(/C(=C2\CCCCC3=C2NC(=S)NC3c2ccc(OC)cc2)N(C)C)cc1. The molecule has 5 nitrogen and oxygen atoms in total. The maximum absolute atomic E-state index is 5.66. The molecular formula is C26H31N3O2S. The third-order valence-electron chi connectivity index (χ3n) is 6.15. The summed E-state index contributed by atoms with van der Waals surface area (Å²) >= 11 is 5.66. The number of benzene rings is 2. The Morgan fingerprint density at radius 1 is 0.906 bits per heavy atom. The monoisotopic (exact) mass is 449 g/mol. The van der Waals surface area contributed by atoms with E-state index in [0.717, 1.165) is 37.2 Å². The highest BCUT2D eigenvalue weighted by molar-refractivity contribution is 7.80. The van der Waals surface area contributed by atoms with Crippen molar-refractivity contribution < 1.29 is 9.47 Å². The minimum Gasteiger partial charge on any atom is -0.497 e. The van der Waals surface area contributed by atoms with Gasteiger partial charge in [0.25, 0.3) is 0 Å². The van der Waals surface area contributed by atoms with Gasteiger partial charge in [0.1, 0.15) is 11.5 Å². The highest BCUT2D eigenvalue weighted by Crippen LogP contribution is 2.40. The molecule has 1 aliphatic heterocycles. The van der Waals surface area contributed by atoms with Gasteiger partial charge in [0.2, 0.25) is 0 Å². The van der Waals surface area contributed by atoms with Crippen LogP contribution in [0.15, 0.2) is 65.4 Å². The summed E-state index contributed by atoms with van der Waals surface area (Å²) in [5, 5.41) is 7.70. The summed E-state index contributed by atoms with van der Waals surface area (Å²) in [7, 11) is 7.61. The number of allylic oxidation sites excluding steroid dienone is 1. The van der Waals surface area contributed by atoms with Crippen molar-refractivity contribution in [3.63, 3.8) is 0 Å². The maximum Gasteiger partial charge on any atom is 0.171 e. The summed E-state index contributed by atoms with van der Waals surface area (Å²) in [5.41, 5.74) is 7.43. The predicted molar refractivity (Wildman–Crippen MR) is 134 cm³/mol. The highest BCUT2D eigenvalue weighted by Gasteiger charge is 2.31. The molecule has 2 aromatic carbocycles. The van der Waals surface area contributed by atoms with Crippen molar-refractivity contribution in [2.45, 2.75) is 31.7 Å². The van der Waals surface area contributed by atoms with Crippen molar-refractivity contribution in [2.75, 3.05) is 28.3 Å². The maximum atomic E-state index is 5.66. The molecule has 1 aliphatic carbocycles. The number of rotatable bonds is 5. The number of nitrogens with one attached hydrogen (secondary N) is 2. The van der Waals surface area contributed by atoms with Gasteiger partial charge >= 0.3 is 0 Å². The molecule has 1 unspecified atom stereocenters. The fourth-order valence-corrected chi connectivity index (χ4v) is 4.86. The van der Waals surface area contributed by atoms with E-state index >= 15 is 0 Å². The standard InChI is InChI=1S/C26H31N3O2S/c1-29(2)25(18-11-15-20(31-4)16-12-18)22-8-6-5-7-21-23(27-26(32)28-24(21)22)17-9-13-19(30-3)14-10-17/h9-16,23H,5-8H2,1-4H3,(H2,27,28,32)/b25-22-. The predicted octanol–water partition coefficient (Wildman–Crippen LogP) is 5.02. The van der Waals surface area contributed by atoms with Gasteiger partial charge in [0.05, 0.1) is 20.3 Å². The molecule has 4 rings (SSSR count). The normalized spacial score (nSPS) is 19.9. The van der Waals surface area contributed by atoms with Crippen molar-refractivity contribution in [1.29, 1.82) is 0 Å². The first-order valence-electron chi connectivity index (χ1n) is 11.0. The Kier molecular flexibility index (Phi) is 6.70. The summed E-state index contributed by atoms with van der Waals surface area (Å²) in [6, 6.07) is 16.6. The van der Waals surface area contributed by atoms with Gasteiger partial charge in [-0.05, 0) is 96.6 Å². The zero-order chi connectivity index (χ0) is 22.7. The van der Waals surface area contributed by atoms with Crippen molar-refractivity contribution in [2.24, 2.45) is 0 Å². The van der Waals surface area contributed by atoms with E-state index in [-0.39, 0.29) is 6.04 Å². The minimum absolute atomic E-state index is 0.0528. The van der Waals surface area contributed by atoms with Crippen LogP contribution < -0.4 is 20.1 Å². The van der Waals surface area contributed by atoms with E-state index in [0.29, 0.717) is 5.11 Å². The summed E-state index contributed by atoms with van der Waals surface area (Å²) in [5.74, 6) is 1.72. The Morgan fingerprint density at radius 2 is 1.50 bits per heavy atom. The molecule has 168 valence electrons. The van der Waals surface area contributed by atoms with Gasteiger partial charge in [-0.25, -0.2) is 0 Å². The van der Waals surface area contributed by atoms with Crippen LogP contribution in [0.1, 0.15) is 42.9 Å². The van der Waals surface area contributed by atoms with Crippen LogP contribution in [0.4, 0.5) is 0 Å². The minimum atomic E-state index is 0.0528. The van der Waals surface area contributed by atoms with Crippen LogP contribution in [0.5, 0.6) is 11.5 Å². The van der Waals surface area contributed by atoms with Gasteiger partial charge < -0.3 is 25.0 Å². The topological polar surface area (TPSA) is 45.8 Å². The summed E-state index contributed by atoms with van der Waals surface area (Å²) in [6.45, 7) is 0. The zero-order valence-electron chi connectivity index (χ0n) is 19.2. The Hall–Kier alpha value is -2.99. The molecule has 32 heavy (non-hydrogen) atoms. The molecule has 0 radical (unpaired) electrons. The second-order valence-corrected chi connectivity index (χ2v) is 8.77. The van der Waals surface area contributed by atoms with Crippen molar-refractivity contribution >= 4 is 23.0 Å². The Bertz CT molecular complexity index is 1040. The molecular weight excluding hydrogens is 418 g/mol. The average molecular weight is 450 g/mol. The van der Waals surface area contributed by atoms with Crippen LogP contribution in [-0.2, 0) is 0 Å². The summed E-state index contributed by atoms with van der Waals surface area (Å²) in [6.07, 6.45) is 4.32. The number of ether oxygens (including phenoxy) is 2. The molecule has 6 heteroatoms. The van der Waals surface area contributed by atoms with Crippen molar-refractivity contribution in [1.82, 2.24) is 15.5 Å². The largest absolute Gasteiger partial charge is 0.497 e. The molecule has 0 aromatic heterocycles. The van der Waals surface area contributed by atoms with Gasteiger partial charge in [-0.15, -0.1) is 0 Å². The van der Waals surface area contributed by atoms with Gasteiger partial charge in [-0.3, -0.25) is 0 Å². The van der Waals surface area contributed by atoms with Crippen LogP contribution in [0.3, 0.4) is 0 Å². The molecule has 2 aromatic rings. The van der Waals surface area contributed by atoms with Crippen LogP contribution in [-0.4, -0.2) is 38.3 Å². The van der Waals surface area contributed by atoms with E-state index in [1.54, 1.807) is 14.2 Å². The second kappa shape index (κ2) is 9.65. The molecule has 0 saturated heterocycles. The van der Waals surface area contributed by atoms with Gasteiger partial charge in [0.15, 0.2) is 5.11 Å². The van der Waals surface area contributed by atoms with Crippen molar-refractivity contribution in [3.05, 3.63) is 76.5 Å². The third kappa shape index (κ3) is 4.46. The Balaban J connectivity index is 1.86. The Labute approximate surface area is 196 Å². The van der Waals surface area contributed by atoms with E-state index in [9.17, 15) is 0 Å². The lowest BCUT2D eigenvalue weighted by Crippen LogP contribution is -2.44. The molecule has 0 saturated carbocycles. The molecule has 0 fully saturated rings. The molecule has 2 aliphatic rings. The average Bonchev–Trinajstić information content (AvgIpc) is 3.01. The van der Waals surface area contributed by atoms with E-state index in [4.69, 9.17) is 21.7 Å². The number of nitrogens with zero attached hydrogens (tertiary/aromatic N) is 1. The van der Waals surface area contributed by atoms with Gasteiger partial charge in [0, 0.05) is 25.5 Å². The molecule has 0 bridgehead atoms. The van der Waals surface area contributed by atoms with E-state index in [1.165, 1.54) is 33.7 Å². The van der Waals surface area contributed by atoms with Crippen LogP contribution in [0, 0.1) is 0 Å². The second-order valence-electron chi connectivity index (χ2n) is 8.36. The molecule has 1 heterocycles. The third-order valence-corrected chi connectivity index (χ3v) is 6.37. The smallest absolute Gasteiger partial charge is 0.171 e. The zero-order valence-corrected chi connectivity index (χ0v) is 20.0. The first kappa shape index (κ1) is 22.2. The first-order chi connectivity index (χ1) is 15.5. The molecule has 2 N–H and O–H groups in total. The van der Waals surface area contributed by atoms with E-state index in [1.807, 2.05) is 24.3 Å². The number of methoxy groups -OCH3 is 2. The molecule has 0 spiro atoms. The Morgan fingerprint density at radius 3 is 2.09 bits per heavy atom. The highest BCUT2D eigenvalue weighted by atomic mass is 32.1. The van der Waals surface area contributed by atoms with E-state index in [2.05, 4.69) is 53.9 Å². The van der Waals surface area contributed by atoms with Gasteiger partial charge in [-0.2, -0.15) is 0 Å². The van der Waals surface area contributed by atoms with Crippen LogP contribution in [0.2, 0.25) is 0 Å². The fraction of sp³-hybridized carbons (Fsp3) is 0.346. The summed E-state index contributed by atoms with van der Waals surface area (Å²) in [4.78, 5) is 2.21. The van der Waals surface area contributed by atoms with Crippen LogP contribution >= 0.6 is 12.2 Å². The number of hydrogen-bond acceptors (Lipinski definition) is 4. The lowest BCUT2D eigenvalue weighted by atomic mass is 9.90.